The zero-order valence-electron chi connectivity index (χ0n) is 8.08. The summed E-state index contributed by atoms with van der Waals surface area (Å²) in [5, 5.41) is 2.88. The Morgan fingerprint density at radius 1 is 1.77 bits per heavy atom. The molecule has 1 fully saturated rings. The normalized spacial score (nSPS) is 24.3. The molecule has 76 valence electrons. The fourth-order valence-electron chi connectivity index (χ4n) is 1.27. The molecular formula is C9H18N2O2. The van der Waals surface area contributed by atoms with E-state index in [0.717, 1.165) is 26.2 Å². The topological polar surface area (TPSA) is 64.4 Å². The summed E-state index contributed by atoms with van der Waals surface area (Å²) >= 11 is 0. The third-order valence-electron chi connectivity index (χ3n) is 2.39. The van der Waals surface area contributed by atoms with Gasteiger partial charge in [0.2, 0.25) is 5.91 Å². The minimum absolute atomic E-state index is 0.0504. The van der Waals surface area contributed by atoms with Crippen molar-refractivity contribution in [2.45, 2.75) is 13.3 Å². The molecule has 0 aromatic rings. The second-order valence-corrected chi connectivity index (χ2v) is 3.61. The fraction of sp³-hybridized carbons (Fsp3) is 0.889. The summed E-state index contributed by atoms with van der Waals surface area (Å²) in [6.07, 6.45) is 1.05. The first-order chi connectivity index (χ1) is 6.24. The van der Waals surface area contributed by atoms with Crippen molar-refractivity contribution < 1.29 is 9.53 Å². The van der Waals surface area contributed by atoms with Gasteiger partial charge in [0.1, 0.15) is 0 Å². The van der Waals surface area contributed by atoms with Crippen LogP contribution in [0.5, 0.6) is 0 Å². The van der Waals surface area contributed by atoms with Crippen LogP contribution in [0.25, 0.3) is 0 Å². The van der Waals surface area contributed by atoms with Gasteiger partial charge in [-0.05, 0) is 6.42 Å². The molecule has 0 spiro atoms. The number of hydrogen-bond acceptors (Lipinski definition) is 3. The van der Waals surface area contributed by atoms with Crippen LogP contribution < -0.4 is 11.1 Å². The Kier molecular flexibility index (Phi) is 4.18. The summed E-state index contributed by atoms with van der Waals surface area (Å²) in [5.41, 5.74) is 5.37. The van der Waals surface area contributed by atoms with Crippen LogP contribution in [-0.2, 0) is 9.53 Å². The minimum atomic E-state index is -0.0812. The highest BCUT2D eigenvalue weighted by molar-refractivity contribution is 5.78. The van der Waals surface area contributed by atoms with E-state index in [1.807, 2.05) is 6.92 Å². The zero-order chi connectivity index (χ0) is 9.68. The molecule has 0 saturated carbocycles. The Morgan fingerprint density at radius 3 is 3.08 bits per heavy atom. The van der Waals surface area contributed by atoms with Gasteiger partial charge in [-0.25, -0.2) is 0 Å². The van der Waals surface area contributed by atoms with Gasteiger partial charge < -0.3 is 15.8 Å². The van der Waals surface area contributed by atoms with Crippen molar-refractivity contribution in [2.24, 2.45) is 17.6 Å². The maximum Gasteiger partial charge on any atom is 0.224 e. The molecule has 1 aliphatic heterocycles. The van der Waals surface area contributed by atoms with Gasteiger partial charge in [-0.15, -0.1) is 0 Å². The fourth-order valence-corrected chi connectivity index (χ4v) is 1.27. The van der Waals surface area contributed by atoms with Crippen LogP contribution in [0.2, 0.25) is 0 Å². The summed E-state index contributed by atoms with van der Waals surface area (Å²) < 4.78 is 5.20. The Labute approximate surface area is 78.8 Å². The van der Waals surface area contributed by atoms with E-state index in [-0.39, 0.29) is 11.8 Å². The van der Waals surface area contributed by atoms with Crippen molar-refractivity contribution >= 4 is 5.91 Å². The number of hydrogen-bond donors (Lipinski definition) is 2. The van der Waals surface area contributed by atoms with E-state index in [2.05, 4.69) is 5.32 Å². The van der Waals surface area contributed by atoms with Gasteiger partial charge in [0.05, 0.1) is 6.61 Å². The third kappa shape index (κ3) is 3.32. The molecule has 2 unspecified atom stereocenters. The lowest BCUT2D eigenvalue weighted by atomic mass is 10.1. The smallest absolute Gasteiger partial charge is 0.224 e. The Balaban J connectivity index is 2.13. The highest BCUT2D eigenvalue weighted by Crippen LogP contribution is 2.10. The lowest BCUT2D eigenvalue weighted by molar-refractivity contribution is -0.124. The number of nitrogens with two attached hydrogens (primary N) is 1. The molecule has 1 rings (SSSR count). The molecule has 0 aliphatic carbocycles. The first kappa shape index (κ1) is 10.5. The molecule has 1 saturated heterocycles. The van der Waals surface area contributed by atoms with Gasteiger partial charge in [0.25, 0.3) is 0 Å². The van der Waals surface area contributed by atoms with Crippen molar-refractivity contribution in [3.63, 3.8) is 0 Å². The number of amides is 1. The molecule has 4 nitrogen and oxygen atoms in total. The predicted octanol–water partition coefficient (Wildman–Crippen LogP) is -0.266. The van der Waals surface area contributed by atoms with Crippen molar-refractivity contribution in [1.29, 1.82) is 0 Å². The number of carbonyl (C=O) groups excluding carboxylic acids is 1. The average molecular weight is 186 g/mol. The van der Waals surface area contributed by atoms with Crippen LogP contribution >= 0.6 is 0 Å². The summed E-state index contributed by atoms with van der Waals surface area (Å²) in [7, 11) is 0. The highest BCUT2D eigenvalue weighted by Gasteiger charge is 2.17. The van der Waals surface area contributed by atoms with Gasteiger partial charge in [-0.1, -0.05) is 6.92 Å². The first-order valence-corrected chi connectivity index (χ1v) is 4.79. The quantitative estimate of drug-likeness (QED) is 0.635. The molecule has 4 heteroatoms. The van der Waals surface area contributed by atoms with Gasteiger partial charge in [0.15, 0.2) is 0 Å². The third-order valence-corrected chi connectivity index (χ3v) is 2.39. The van der Waals surface area contributed by atoms with Crippen LogP contribution in [0.15, 0.2) is 0 Å². The van der Waals surface area contributed by atoms with Crippen LogP contribution in [-0.4, -0.2) is 32.2 Å². The van der Waals surface area contributed by atoms with Crippen LogP contribution in [0.4, 0.5) is 0 Å². The molecule has 1 heterocycles. The monoisotopic (exact) mass is 186 g/mol. The Bertz CT molecular complexity index is 167. The van der Waals surface area contributed by atoms with Crippen LogP contribution in [0, 0.1) is 11.8 Å². The summed E-state index contributed by atoms with van der Waals surface area (Å²) in [6, 6.07) is 0. The van der Waals surface area contributed by atoms with Crippen molar-refractivity contribution in [2.75, 3.05) is 26.3 Å². The van der Waals surface area contributed by atoms with E-state index in [4.69, 9.17) is 10.5 Å². The number of ether oxygens (including phenoxy) is 1. The molecule has 0 bridgehead atoms. The van der Waals surface area contributed by atoms with Gasteiger partial charge in [-0.2, -0.15) is 0 Å². The lowest BCUT2D eigenvalue weighted by Gasteiger charge is -2.12. The van der Waals surface area contributed by atoms with E-state index in [1.54, 1.807) is 0 Å². The maximum atomic E-state index is 11.3. The van der Waals surface area contributed by atoms with Gasteiger partial charge >= 0.3 is 0 Å². The average Bonchev–Trinajstić information content (AvgIpc) is 2.65. The molecule has 0 aromatic heterocycles. The second kappa shape index (κ2) is 5.19. The van der Waals surface area contributed by atoms with E-state index < -0.39 is 0 Å². The number of nitrogens with one attached hydrogen (secondary N) is 1. The molecule has 2 atom stereocenters. The van der Waals surface area contributed by atoms with Crippen molar-refractivity contribution in [3.8, 4) is 0 Å². The molecule has 13 heavy (non-hydrogen) atoms. The molecule has 0 aromatic carbocycles. The van der Waals surface area contributed by atoms with Gasteiger partial charge in [0, 0.05) is 31.5 Å². The largest absolute Gasteiger partial charge is 0.381 e. The molecule has 1 aliphatic rings. The minimum Gasteiger partial charge on any atom is -0.381 e. The first-order valence-electron chi connectivity index (χ1n) is 4.79. The van der Waals surface area contributed by atoms with E-state index in [0.29, 0.717) is 12.5 Å². The maximum absolute atomic E-state index is 11.3. The number of rotatable bonds is 4. The Morgan fingerprint density at radius 2 is 2.54 bits per heavy atom. The lowest BCUT2D eigenvalue weighted by Crippen LogP contribution is -2.36. The van der Waals surface area contributed by atoms with Crippen LogP contribution in [0.3, 0.4) is 0 Å². The second-order valence-electron chi connectivity index (χ2n) is 3.61. The molecule has 3 N–H and O–H groups in total. The Hall–Kier alpha value is -0.610. The number of carbonyl (C=O) groups is 1. The SMILES string of the molecule is CC(CN)C(=O)NCC1CCOC1. The van der Waals surface area contributed by atoms with Gasteiger partial charge in [-0.3, -0.25) is 4.79 Å². The molecular weight excluding hydrogens is 168 g/mol. The zero-order valence-corrected chi connectivity index (χ0v) is 8.08. The van der Waals surface area contributed by atoms with Crippen molar-refractivity contribution in [3.05, 3.63) is 0 Å². The van der Waals surface area contributed by atoms with E-state index in [1.165, 1.54) is 0 Å². The van der Waals surface area contributed by atoms with E-state index in [9.17, 15) is 4.79 Å². The molecule has 1 amide bonds. The summed E-state index contributed by atoms with van der Waals surface area (Å²) in [6.45, 7) is 4.57. The van der Waals surface area contributed by atoms with Crippen LogP contribution in [0.1, 0.15) is 13.3 Å². The highest BCUT2D eigenvalue weighted by atomic mass is 16.5. The molecule has 0 radical (unpaired) electrons. The predicted molar refractivity (Wildman–Crippen MR) is 50.2 cm³/mol. The summed E-state index contributed by atoms with van der Waals surface area (Å²) in [4.78, 5) is 11.3. The summed E-state index contributed by atoms with van der Waals surface area (Å²) in [5.74, 6) is 0.464. The van der Waals surface area contributed by atoms with E-state index >= 15 is 0 Å². The standard InChI is InChI=1S/C9H18N2O2/c1-7(4-10)9(12)11-5-8-2-3-13-6-8/h7-8H,2-6,10H2,1H3,(H,11,12). The van der Waals surface area contributed by atoms with Crippen molar-refractivity contribution in [1.82, 2.24) is 5.32 Å².